The number of anilines is 1. The van der Waals surface area contributed by atoms with Crippen molar-refractivity contribution in [2.75, 3.05) is 5.32 Å². The van der Waals surface area contributed by atoms with E-state index < -0.39 is 23.5 Å². The Morgan fingerprint density at radius 1 is 1.00 bits per heavy atom. The number of imide groups is 1. The number of nitrogens with one attached hydrogen (secondary N) is 2. The zero-order chi connectivity index (χ0) is 16.7. The third kappa shape index (κ3) is 5.16. The van der Waals surface area contributed by atoms with Gasteiger partial charge in [-0.2, -0.15) is 0 Å². The normalized spacial score (nSPS) is 10.3. The number of carbonyl (C=O) groups is 3. The molecule has 2 rings (SSSR count). The van der Waals surface area contributed by atoms with Gasteiger partial charge in [0.2, 0.25) is 5.91 Å². The van der Waals surface area contributed by atoms with Gasteiger partial charge in [0.15, 0.2) is 0 Å². The number of nitrogens with zero attached hydrogens (tertiary/aromatic N) is 1. The molecule has 0 bridgehead atoms. The molecule has 0 spiro atoms. The van der Waals surface area contributed by atoms with Crippen LogP contribution in [0.3, 0.4) is 0 Å². The van der Waals surface area contributed by atoms with Crippen molar-refractivity contribution in [3.8, 4) is 0 Å². The molecule has 0 saturated carbocycles. The first-order valence-corrected chi connectivity index (χ1v) is 6.54. The standard InChI is InChI=1S/C16H12FN3O3/c17-12-3-5-13(6-4-12)19-14(21)7-8-15(22)20-16(23)11-2-1-9-18-10-11/h1-10H,(H,19,21)(H,20,22,23)/b8-7+. The largest absolute Gasteiger partial charge is 0.323 e. The molecule has 0 aliphatic rings. The van der Waals surface area contributed by atoms with Gasteiger partial charge >= 0.3 is 0 Å². The molecule has 0 atom stereocenters. The predicted octanol–water partition coefficient (Wildman–Crippen LogP) is 1.67. The monoisotopic (exact) mass is 313 g/mol. The fourth-order valence-electron chi connectivity index (χ4n) is 1.59. The molecule has 0 radical (unpaired) electrons. The van der Waals surface area contributed by atoms with Crippen LogP contribution in [0.2, 0.25) is 0 Å². The number of amides is 3. The summed E-state index contributed by atoms with van der Waals surface area (Å²) in [6.07, 6.45) is 4.70. The predicted molar refractivity (Wildman–Crippen MR) is 80.9 cm³/mol. The van der Waals surface area contributed by atoms with Crippen molar-refractivity contribution in [2.45, 2.75) is 0 Å². The van der Waals surface area contributed by atoms with Crippen LogP contribution < -0.4 is 10.6 Å². The number of hydrogen-bond donors (Lipinski definition) is 2. The summed E-state index contributed by atoms with van der Waals surface area (Å²) in [7, 11) is 0. The maximum Gasteiger partial charge on any atom is 0.259 e. The first-order chi connectivity index (χ1) is 11.0. The first kappa shape index (κ1) is 16.0. The maximum atomic E-state index is 12.7. The Labute approximate surface area is 131 Å². The lowest BCUT2D eigenvalue weighted by atomic mass is 10.2. The molecule has 0 fully saturated rings. The minimum absolute atomic E-state index is 0.227. The van der Waals surface area contributed by atoms with E-state index in [1.54, 1.807) is 6.07 Å². The molecule has 7 heteroatoms. The zero-order valence-corrected chi connectivity index (χ0v) is 11.8. The second-order valence-electron chi connectivity index (χ2n) is 4.39. The highest BCUT2D eigenvalue weighted by atomic mass is 19.1. The van der Waals surface area contributed by atoms with Crippen molar-refractivity contribution in [1.82, 2.24) is 10.3 Å². The van der Waals surface area contributed by atoms with Gasteiger partial charge in [0, 0.05) is 30.2 Å². The van der Waals surface area contributed by atoms with Crippen LogP contribution in [0.4, 0.5) is 10.1 Å². The van der Waals surface area contributed by atoms with E-state index in [0.717, 1.165) is 12.2 Å². The Kier molecular flexibility index (Phi) is 5.30. The van der Waals surface area contributed by atoms with E-state index in [-0.39, 0.29) is 5.56 Å². The molecule has 0 saturated heterocycles. The summed E-state index contributed by atoms with van der Waals surface area (Å²) in [5.41, 5.74) is 0.609. The Bertz CT molecular complexity index is 743. The molecule has 0 aliphatic carbocycles. The fraction of sp³-hybridized carbons (Fsp3) is 0. The van der Waals surface area contributed by atoms with Gasteiger partial charge in [-0.15, -0.1) is 0 Å². The van der Waals surface area contributed by atoms with E-state index in [1.165, 1.54) is 42.7 Å². The molecule has 3 amide bonds. The van der Waals surface area contributed by atoms with Crippen LogP contribution in [0.5, 0.6) is 0 Å². The Morgan fingerprint density at radius 2 is 1.70 bits per heavy atom. The Balaban J connectivity index is 1.86. The summed E-state index contributed by atoms with van der Waals surface area (Å²) in [6, 6.07) is 8.21. The van der Waals surface area contributed by atoms with Crippen molar-refractivity contribution in [1.29, 1.82) is 0 Å². The lowest BCUT2D eigenvalue weighted by molar-refractivity contribution is -0.116. The van der Waals surface area contributed by atoms with E-state index in [2.05, 4.69) is 15.6 Å². The number of hydrogen-bond acceptors (Lipinski definition) is 4. The van der Waals surface area contributed by atoms with E-state index in [1.807, 2.05) is 0 Å². The number of halogens is 1. The van der Waals surface area contributed by atoms with Crippen LogP contribution in [0, 0.1) is 5.82 Å². The van der Waals surface area contributed by atoms with Gasteiger partial charge in [-0.1, -0.05) is 0 Å². The number of benzene rings is 1. The maximum absolute atomic E-state index is 12.7. The molecule has 116 valence electrons. The lowest BCUT2D eigenvalue weighted by Gasteiger charge is -2.02. The minimum Gasteiger partial charge on any atom is -0.323 e. The Morgan fingerprint density at radius 3 is 2.35 bits per heavy atom. The Hall–Kier alpha value is -3.35. The average molecular weight is 313 g/mol. The van der Waals surface area contributed by atoms with Crippen LogP contribution in [-0.2, 0) is 9.59 Å². The van der Waals surface area contributed by atoms with E-state index in [0.29, 0.717) is 5.69 Å². The molecule has 2 N–H and O–H groups in total. The first-order valence-electron chi connectivity index (χ1n) is 6.54. The van der Waals surface area contributed by atoms with Crippen LogP contribution >= 0.6 is 0 Å². The highest BCUT2D eigenvalue weighted by molar-refractivity contribution is 6.10. The molecule has 1 aromatic carbocycles. The highest BCUT2D eigenvalue weighted by Crippen LogP contribution is 2.07. The SMILES string of the molecule is O=C(/C=C/C(=O)Nc1ccc(F)cc1)NC(=O)c1cccnc1. The molecule has 0 unspecified atom stereocenters. The molecule has 0 aliphatic heterocycles. The van der Waals surface area contributed by atoms with Gasteiger partial charge < -0.3 is 5.32 Å². The smallest absolute Gasteiger partial charge is 0.259 e. The van der Waals surface area contributed by atoms with Crippen molar-refractivity contribution in [2.24, 2.45) is 0 Å². The molecule has 6 nitrogen and oxygen atoms in total. The fourth-order valence-corrected chi connectivity index (χ4v) is 1.59. The van der Waals surface area contributed by atoms with E-state index >= 15 is 0 Å². The number of carbonyl (C=O) groups excluding carboxylic acids is 3. The van der Waals surface area contributed by atoms with Gasteiger partial charge in [0.1, 0.15) is 5.82 Å². The van der Waals surface area contributed by atoms with Crippen LogP contribution in [0.25, 0.3) is 0 Å². The minimum atomic E-state index is -0.742. The van der Waals surface area contributed by atoms with Gasteiger partial charge in [-0.3, -0.25) is 24.7 Å². The van der Waals surface area contributed by atoms with Crippen molar-refractivity contribution < 1.29 is 18.8 Å². The summed E-state index contributed by atoms with van der Waals surface area (Å²) in [5.74, 6) is -2.37. The van der Waals surface area contributed by atoms with Crippen molar-refractivity contribution in [3.63, 3.8) is 0 Å². The number of aromatic nitrogens is 1. The van der Waals surface area contributed by atoms with Gasteiger partial charge in [0.25, 0.3) is 11.8 Å². The summed E-state index contributed by atoms with van der Waals surface area (Å²) in [5, 5.41) is 4.53. The second-order valence-corrected chi connectivity index (χ2v) is 4.39. The molecule has 1 heterocycles. The summed E-state index contributed by atoms with van der Waals surface area (Å²) < 4.78 is 12.7. The van der Waals surface area contributed by atoms with Crippen LogP contribution in [0.1, 0.15) is 10.4 Å². The topological polar surface area (TPSA) is 88.2 Å². The highest BCUT2D eigenvalue weighted by Gasteiger charge is 2.08. The van der Waals surface area contributed by atoms with Gasteiger partial charge in [0.05, 0.1) is 5.56 Å². The summed E-state index contributed by atoms with van der Waals surface area (Å²) >= 11 is 0. The molecule has 23 heavy (non-hydrogen) atoms. The molecule has 1 aromatic heterocycles. The second kappa shape index (κ2) is 7.60. The number of pyridine rings is 1. The summed E-state index contributed by atoms with van der Waals surface area (Å²) in [4.78, 5) is 38.6. The van der Waals surface area contributed by atoms with Gasteiger partial charge in [-0.25, -0.2) is 4.39 Å². The third-order valence-electron chi connectivity index (χ3n) is 2.66. The van der Waals surface area contributed by atoms with Crippen LogP contribution in [-0.4, -0.2) is 22.7 Å². The molecular weight excluding hydrogens is 301 g/mol. The van der Waals surface area contributed by atoms with Crippen molar-refractivity contribution >= 4 is 23.4 Å². The van der Waals surface area contributed by atoms with Crippen LogP contribution in [0.15, 0.2) is 60.9 Å². The van der Waals surface area contributed by atoms with E-state index in [9.17, 15) is 18.8 Å². The quantitative estimate of drug-likeness (QED) is 0.841. The molecular formula is C16H12FN3O3. The third-order valence-corrected chi connectivity index (χ3v) is 2.66. The molecule has 2 aromatic rings. The van der Waals surface area contributed by atoms with Gasteiger partial charge in [-0.05, 0) is 36.4 Å². The number of rotatable bonds is 4. The van der Waals surface area contributed by atoms with Crippen molar-refractivity contribution in [3.05, 3.63) is 72.3 Å². The summed E-state index contributed by atoms with van der Waals surface area (Å²) in [6.45, 7) is 0. The van der Waals surface area contributed by atoms with E-state index in [4.69, 9.17) is 0 Å². The lowest BCUT2D eigenvalue weighted by Crippen LogP contribution is -2.29. The average Bonchev–Trinajstić information content (AvgIpc) is 2.56. The zero-order valence-electron chi connectivity index (χ0n) is 11.8.